The van der Waals surface area contributed by atoms with Gasteiger partial charge in [-0.1, -0.05) is 18.2 Å². The van der Waals surface area contributed by atoms with Crippen molar-refractivity contribution in [1.82, 2.24) is 14.9 Å². The quantitative estimate of drug-likeness (QED) is 0.651. The van der Waals surface area contributed by atoms with Gasteiger partial charge in [0.25, 0.3) is 0 Å². The number of nitrogens with two attached hydrogens (primary N) is 1. The average molecular weight is 258 g/mol. The molecule has 1 aliphatic heterocycles. The number of benzene rings is 1. The molecule has 102 valence electrons. The molecule has 0 radical (unpaired) electrons. The van der Waals surface area contributed by atoms with Crippen molar-refractivity contribution >= 4 is 10.9 Å². The molecule has 1 fully saturated rings. The first-order valence-electron chi connectivity index (χ1n) is 6.99. The second kappa shape index (κ2) is 5.33. The first-order chi connectivity index (χ1) is 9.29. The molecule has 3 rings (SSSR count). The molecule has 0 bridgehead atoms. The van der Waals surface area contributed by atoms with Crippen molar-refractivity contribution in [3.63, 3.8) is 0 Å². The Bertz CT molecular complexity index is 552. The lowest BCUT2D eigenvalue weighted by atomic mass is 9.89. The lowest BCUT2D eigenvalue weighted by molar-refractivity contribution is 0.199. The maximum atomic E-state index is 5.39. The van der Waals surface area contributed by atoms with Crippen LogP contribution < -0.4 is 11.3 Å². The Hall–Kier alpha value is -1.36. The highest BCUT2D eigenvalue weighted by Crippen LogP contribution is 2.33. The number of fused-ring (bicyclic) bond motifs is 1. The van der Waals surface area contributed by atoms with Gasteiger partial charge in [0, 0.05) is 24.1 Å². The van der Waals surface area contributed by atoms with Gasteiger partial charge in [-0.15, -0.1) is 0 Å². The minimum atomic E-state index is 0.681. The van der Waals surface area contributed by atoms with E-state index >= 15 is 0 Å². The zero-order valence-corrected chi connectivity index (χ0v) is 11.5. The van der Waals surface area contributed by atoms with Crippen LogP contribution in [0, 0.1) is 0 Å². The van der Waals surface area contributed by atoms with Crippen molar-refractivity contribution < 1.29 is 0 Å². The Balaban J connectivity index is 1.82. The Morgan fingerprint density at radius 1 is 1.26 bits per heavy atom. The molecular formula is C15H22N4. The average Bonchev–Trinajstić information content (AvgIpc) is 2.78. The number of para-hydroxylation sites is 1. The molecule has 1 saturated heterocycles. The van der Waals surface area contributed by atoms with Crippen LogP contribution in [0.15, 0.2) is 30.5 Å². The van der Waals surface area contributed by atoms with E-state index < -0.39 is 0 Å². The highest BCUT2D eigenvalue weighted by atomic mass is 15.3. The predicted molar refractivity (Wildman–Crippen MR) is 78.7 cm³/mol. The standard InChI is InChI=1S/C15H22N4/c1-18-10-14(13-4-2-3-5-15(13)18)12-6-8-19(9-7-12)11-17-16/h2-5,10,12,17H,6-9,11,16H2,1H3. The first kappa shape index (κ1) is 12.7. The Morgan fingerprint density at radius 2 is 2.00 bits per heavy atom. The Kier molecular flexibility index (Phi) is 3.55. The first-order valence-corrected chi connectivity index (χ1v) is 6.99. The minimum absolute atomic E-state index is 0.681. The van der Waals surface area contributed by atoms with Crippen molar-refractivity contribution in [3.05, 3.63) is 36.0 Å². The van der Waals surface area contributed by atoms with E-state index in [1.54, 1.807) is 0 Å². The van der Waals surface area contributed by atoms with Crippen LogP contribution >= 0.6 is 0 Å². The lowest BCUT2D eigenvalue weighted by Gasteiger charge is -2.31. The van der Waals surface area contributed by atoms with Gasteiger partial charge in [0.15, 0.2) is 0 Å². The van der Waals surface area contributed by atoms with E-state index in [4.69, 9.17) is 5.84 Å². The fourth-order valence-corrected chi connectivity index (χ4v) is 3.23. The van der Waals surface area contributed by atoms with Gasteiger partial charge in [0.1, 0.15) is 0 Å². The summed E-state index contributed by atoms with van der Waals surface area (Å²) < 4.78 is 2.25. The fourth-order valence-electron chi connectivity index (χ4n) is 3.23. The van der Waals surface area contributed by atoms with Gasteiger partial charge in [-0.25, -0.2) is 5.43 Å². The summed E-state index contributed by atoms with van der Waals surface area (Å²) in [5.74, 6) is 6.07. The van der Waals surface area contributed by atoms with Gasteiger partial charge in [0.2, 0.25) is 0 Å². The highest BCUT2D eigenvalue weighted by Gasteiger charge is 2.22. The van der Waals surface area contributed by atoms with Crippen LogP contribution in [0.4, 0.5) is 0 Å². The van der Waals surface area contributed by atoms with Crippen LogP contribution in [0.5, 0.6) is 0 Å². The smallest absolute Gasteiger partial charge is 0.0612 e. The zero-order chi connectivity index (χ0) is 13.2. The summed E-state index contributed by atoms with van der Waals surface area (Å²) in [5, 5.41) is 1.42. The zero-order valence-electron chi connectivity index (χ0n) is 11.5. The molecule has 1 aromatic heterocycles. The molecule has 2 aromatic rings. The third-order valence-corrected chi connectivity index (χ3v) is 4.27. The van der Waals surface area contributed by atoms with E-state index in [1.165, 1.54) is 29.3 Å². The molecule has 0 aliphatic carbocycles. The van der Waals surface area contributed by atoms with Crippen molar-refractivity contribution in [1.29, 1.82) is 0 Å². The third-order valence-electron chi connectivity index (χ3n) is 4.27. The van der Waals surface area contributed by atoms with Crippen molar-refractivity contribution in [2.45, 2.75) is 18.8 Å². The van der Waals surface area contributed by atoms with Crippen molar-refractivity contribution in [2.75, 3.05) is 19.8 Å². The van der Waals surface area contributed by atoms with Crippen LogP contribution in [0.2, 0.25) is 0 Å². The number of hydrogen-bond donors (Lipinski definition) is 2. The third kappa shape index (κ3) is 2.39. The molecule has 4 heteroatoms. The molecule has 2 heterocycles. The molecule has 1 aliphatic rings. The number of nitrogens with zero attached hydrogens (tertiary/aromatic N) is 2. The van der Waals surface area contributed by atoms with E-state index in [0.29, 0.717) is 5.92 Å². The second-order valence-corrected chi connectivity index (χ2v) is 5.47. The molecule has 0 atom stereocenters. The van der Waals surface area contributed by atoms with E-state index in [9.17, 15) is 0 Å². The van der Waals surface area contributed by atoms with Crippen molar-refractivity contribution in [2.24, 2.45) is 12.9 Å². The normalized spacial score (nSPS) is 18.2. The summed E-state index contributed by atoms with van der Waals surface area (Å²) in [6.45, 7) is 3.04. The van der Waals surface area contributed by atoms with Gasteiger partial charge in [0.05, 0.1) is 6.67 Å². The molecule has 0 spiro atoms. The van der Waals surface area contributed by atoms with Crippen LogP contribution in [0.3, 0.4) is 0 Å². The minimum Gasteiger partial charge on any atom is -0.350 e. The largest absolute Gasteiger partial charge is 0.350 e. The molecule has 0 amide bonds. The van der Waals surface area contributed by atoms with Gasteiger partial charge in [-0.2, -0.15) is 0 Å². The Morgan fingerprint density at radius 3 is 2.74 bits per heavy atom. The second-order valence-electron chi connectivity index (χ2n) is 5.47. The van der Waals surface area contributed by atoms with Gasteiger partial charge >= 0.3 is 0 Å². The summed E-state index contributed by atoms with van der Waals surface area (Å²) in [4.78, 5) is 2.38. The lowest BCUT2D eigenvalue weighted by Crippen LogP contribution is -2.42. The predicted octanol–water partition coefficient (Wildman–Crippen LogP) is 1.78. The number of likely N-dealkylation sites (tertiary alicyclic amines) is 1. The van der Waals surface area contributed by atoms with Crippen LogP contribution in [0.25, 0.3) is 10.9 Å². The number of nitrogens with one attached hydrogen (secondary N) is 1. The summed E-state index contributed by atoms with van der Waals surface area (Å²) in [6.07, 6.45) is 4.75. The summed E-state index contributed by atoms with van der Waals surface area (Å²) >= 11 is 0. The molecular weight excluding hydrogens is 236 g/mol. The highest BCUT2D eigenvalue weighted by molar-refractivity contribution is 5.84. The van der Waals surface area contributed by atoms with Crippen molar-refractivity contribution in [3.8, 4) is 0 Å². The molecule has 4 nitrogen and oxygen atoms in total. The summed E-state index contributed by atoms with van der Waals surface area (Å²) in [5.41, 5.74) is 5.60. The van der Waals surface area contributed by atoms with Crippen LogP contribution in [-0.4, -0.2) is 29.2 Å². The van der Waals surface area contributed by atoms with E-state index in [0.717, 1.165) is 19.8 Å². The van der Waals surface area contributed by atoms with Crippen LogP contribution in [0.1, 0.15) is 24.3 Å². The van der Waals surface area contributed by atoms with E-state index in [1.807, 2.05) is 0 Å². The monoisotopic (exact) mass is 258 g/mol. The molecule has 3 N–H and O–H groups in total. The van der Waals surface area contributed by atoms with E-state index in [-0.39, 0.29) is 0 Å². The number of hydrogen-bond acceptors (Lipinski definition) is 3. The SMILES string of the molecule is Cn1cc(C2CCN(CNN)CC2)c2ccccc21. The summed E-state index contributed by atoms with van der Waals surface area (Å²) in [6, 6.07) is 8.70. The Labute approximate surface area is 114 Å². The maximum absolute atomic E-state index is 5.39. The number of aryl methyl sites for hydroxylation is 1. The number of hydrazine groups is 1. The van der Waals surface area contributed by atoms with E-state index in [2.05, 4.69) is 52.4 Å². The molecule has 0 saturated carbocycles. The van der Waals surface area contributed by atoms with Crippen LogP contribution in [-0.2, 0) is 7.05 Å². The van der Waals surface area contributed by atoms with Gasteiger partial charge in [-0.3, -0.25) is 10.7 Å². The number of rotatable bonds is 3. The fraction of sp³-hybridized carbons (Fsp3) is 0.467. The topological polar surface area (TPSA) is 46.2 Å². The van der Waals surface area contributed by atoms with Gasteiger partial charge < -0.3 is 4.57 Å². The molecule has 19 heavy (non-hydrogen) atoms. The summed E-state index contributed by atoms with van der Waals surface area (Å²) in [7, 11) is 2.14. The molecule has 1 aromatic carbocycles. The molecule has 0 unspecified atom stereocenters. The number of piperidine rings is 1. The van der Waals surface area contributed by atoms with Gasteiger partial charge in [-0.05, 0) is 43.5 Å². The maximum Gasteiger partial charge on any atom is 0.0612 e. The number of aromatic nitrogens is 1.